The van der Waals surface area contributed by atoms with Crippen LogP contribution in [-0.4, -0.2) is 28.7 Å². The van der Waals surface area contributed by atoms with Gasteiger partial charge in [-0.2, -0.15) is 0 Å². The normalized spacial score (nSPS) is 27.2. The van der Waals surface area contributed by atoms with Crippen molar-refractivity contribution in [2.75, 3.05) is 6.61 Å². The van der Waals surface area contributed by atoms with Crippen LogP contribution < -0.4 is 0 Å². The molecule has 0 aromatic heterocycles. The summed E-state index contributed by atoms with van der Waals surface area (Å²) in [6.45, 7) is 4.56. The highest BCUT2D eigenvalue weighted by molar-refractivity contribution is 5.89. The summed E-state index contributed by atoms with van der Waals surface area (Å²) >= 11 is 0. The van der Waals surface area contributed by atoms with Crippen LogP contribution in [0.3, 0.4) is 0 Å². The first-order valence-electron chi connectivity index (χ1n) is 10.1. The summed E-state index contributed by atoms with van der Waals surface area (Å²) < 4.78 is 0. The van der Waals surface area contributed by atoms with E-state index in [-0.39, 0.29) is 18.5 Å². The standard InChI is InChI=1S/C21H38O3/c1-3-4-8-11-19(23)14-13-18-16-17(2)21(24)20(18)12-9-6-5-7-10-15-22/h13-14,17-18,20-22,24H,3-12,15-16H2,1-2H3. The third-order valence-electron chi connectivity index (χ3n) is 5.47. The molecule has 2 N–H and O–H groups in total. The zero-order valence-corrected chi connectivity index (χ0v) is 15.8. The molecule has 4 unspecified atom stereocenters. The van der Waals surface area contributed by atoms with E-state index in [1.807, 2.05) is 0 Å². The highest BCUT2D eigenvalue weighted by atomic mass is 16.3. The summed E-state index contributed by atoms with van der Waals surface area (Å²) in [5, 5.41) is 19.3. The Morgan fingerprint density at radius 2 is 1.79 bits per heavy atom. The van der Waals surface area contributed by atoms with Crippen LogP contribution in [0.15, 0.2) is 12.2 Å². The minimum Gasteiger partial charge on any atom is -0.396 e. The molecule has 4 atom stereocenters. The van der Waals surface area contributed by atoms with Crippen molar-refractivity contribution in [3.63, 3.8) is 0 Å². The zero-order chi connectivity index (χ0) is 17.8. The van der Waals surface area contributed by atoms with Gasteiger partial charge in [-0.1, -0.05) is 58.4 Å². The van der Waals surface area contributed by atoms with Gasteiger partial charge in [-0.25, -0.2) is 0 Å². The van der Waals surface area contributed by atoms with Crippen LogP contribution in [0.4, 0.5) is 0 Å². The fraction of sp³-hybridized carbons (Fsp3) is 0.857. The van der Waals surface area contributed by atoms with Crippen molar-refractivity contribution >= 4 is 5.78 Å². The molecule has 0 bridgehead atoms. The lowest BCUT2D eigenvalue weighted by Gasteiger charge is -2.20. The van der Waals surface area contributed by atoms with Crippen LogP contribution in [-0.2, 0) is 4.79 Å². The molecule has 0 aromatic carbocycles. The number of carbonyl (C=O) groups excluding carboxylic acids is 1. The number of ketones is 1. The summed E-state index contributed by atoms with van der Waals surface area (Å²) in [6, 6.07) is 0. The highest BCUT2D eigenvalue weighted by Crippen LogP contribution is 2.40. The highest BCUT2D eigenvalue weighted by Gasteiger charge is 2.38. The summed E-state index contributed by atoms with van der Waals surface area (Å²) in [4.78, 5) is 11.9. The third-order valence-corrected chi connectivity index (χ3v) is 5.47. The number of carbonyl (C=O) groups is 1. The van der Waals surface area contributed by atoms with E-state index in [9.17, 15) is 9.90 Å². The lowest BCUT2D eigenvalue weighted by Crippen LogP contribution is -2.21. The number of hydrogen-bond donors (Lipinski definition) is 2. The van der Waals surface area contributed by atoms with Gasteiger partial charge >= 0.3 is 0 Å². The number of hydrogen-bond acceptors (Lipinski definition) is 3. The Labute approximate surface area is 148 Å². The maximum absolute atomic E-state index is 11.9. The number of aliphatic hydroxyl groups is 2. The topological polar surface area (TPSA) is 57.5 Å². The predicted molar refractivity (Wildman–Crippen MR) is 99.8 cm³/mol. The SMILES string of the molecule is CCCCCC(=O)C=CC1CC(C)C(O)C1CCCCCCCO. The molecule has 140 valence electrons. The van der Waals surface area contributed by atoms with Crippen molar-refractivity contribution in [3.05, 3.63) is 12.2 Å². The average molecular weight is 339 g/mol. The van der Waals surface area contributed by atoms with Gasteiger partial charge in [-0.3, -0.25) is 4.79 Å². The second kappa shape index (κ2) is 12.7. The van der Waals surface area contributed by atoms with Gasteiger partial charge in [0.1, 0.15) is 0 Å². The molecule has 0 aliphatic heterocycles. The third kappa shape index (κ3) is 7.94. The minimum absolute atomic E-state index is 0.229. The minimum atomic E-state index is -0.229. The van der Waals surface area contributed by atoms with Gasteiger partial charge in [0.15, 0.2) is 5.78 Å². The molecule has 24 heavy (non-hydrogen) atoms. The molecule has 1 rings (SSSR count). The van der Waals surface area contributed by atoms with Crippen LogP contribution in [0.5, 0.6) is 0 Å². The van der Waals surface area contributed by atoms with Crippen molar-refractivity contribution in [3.8, 4) is 0 Å². The molecule has 0 heterocycles. The molecule has 1 fully saturated rings. The number of allylic oxidation sites excluding steroid dienone is 2. The van der Waals surface area contributed by atoms with Gasteiger partial charge in [-0.05, 0) is 49.5 Å². The van der Waals surface area contributed by atoms with E-state index >= 15 is 0 Å². The van der Waals surface area contributed by atoms with Gasteiger partial charge in [0.05, 0.1) is 6.10 Å². The van der Waals surface area contributed by atoms with Gasteiger partial charge < -0.3 is 10.2 Å². The van der Waals surface area contributed by atoms with E-state index in [1.54, 1.807) is 6.08 Å². The second-order valence-electron chi connectivity index (χ2n) is 7.59. The van der Waals surface area contributed by atoms with Gasteiger partial charge in [0.25, 0.3) is 0 Å². The maximum Gasteiger partial charge on any atom is 0.155 e. The molecule has 0 saturated heterocycles. The number of aliphatic hydroxyl groups excluding tert-OH is 2. The van der Waals surface area contributed by atoms with Gasteiger partial charge in [0, 0.05) is 13.0 Å². The Morgan fingerprint density at radius 1 is 1.08 bits per heavy atom. The Balaban J connectivity index is 2.38. The first kappa shape index (κ1) is 21.4. The molecule has 3 heteroatoms. The maximum atomic E-state index is 11.9. The van der Waals surface area contributed by atoms with Crippen LogP contribution in [0.1, 0.15) is 84.5 Å². The predicted octanol–water partition coefficient (Wildman–Crippen LogP) is 4.66. The fourth-order valence-corrected chi connectivity index (χ4v) is 3.91. The molecule has 0 spiro atoms. The Bertz CT molecular complexity index is 364. The Morgan fingerprint density at radius 3 is 2.50 bits per heavy atom. The van der Waals surface area contributed by atoms with E-state index < -0.39 is 0 Å². The van der Waals surface area contributed by atoms with Gasteiger partial charge in [-0.15, -0.1) is 0 Å². The first-order chi connectivity index (χ1) is 11.6. The van der Waals surface area contributed by atoms with E-state index in [0.29, 0.717) is 24.2 Å². The van der Waals surface area contributed by atoms with Crippen molar-refractivity contribution in [2.45, 2.75) is 90.6 Å². The molecular formula is C21H38O3. The zero-order valence-electron chi connectivity index (χ0n) is 15.8. The number of unbranched alkanes of at least 4 members (excludes halogenated alkanes) is 6. The van der Waals surface area contributed by atoms with Crippen molar-refractivity contribution in [1.29, 1.82) is 0 Å². The monoisotopic (exact) mass is 338 g/mol. The summed E-state index contributed by atoms with van der Waals surface area (Å²) in [5.41, 5.74) is 0. The molecule has 0 aromatic rings. The smallest absolute Gasteiger partial charge is 0.155 e. The lowest BCUT2D eigenvalue weighted by atomic mass is 9.88. The molecule has 0 radical (unpaired) electrons. The molecular weight excluding hydrogens is 300 g/mol. The average Bonchev–Trinajstić information content (AvgIpc) is 2.84. The van der Waals surface area contributed by atoms with E-state index in [0.717, 1.165) is 57.8 Å². The van der Waals surface area contributed by atoms with Crippen LogP contribution >= 0.6 is 0 Å². The Hall–Kier alpha value is -0.670. The van der Waals surface area contributed by atoms with E-state index in [2.05, 4.69) is 19.9 Å². The van der Waals surface area contributed by atoms with Crippen LogP contribution in [0, 0.1) is 17.8 Å². The summed E-state index contributed by atoms with van der Waals surface area (Å²) in [7, 11) is 0. The van der Waals surface area contributed by atoms with Gasteiger partial charge in [0.2, 0.25) is 0 Å². The quantitative estimate of drug-likeness (QED) is 0.379. The molecule has 1 aliphatic rings. The molecule has 1 aliphatic carbocycles. The van der Waals surface area contributed by atoms with E-state index in [4.69, 9.17) is 5.11 Å². The summed E-state index contributed by atoms with van der Waals surface area (Å²) in [5.74, 6) is 1.22. The van der Waals surface area contributed by atoms with Crippen LogP contribution in [0.25, 0.3) is 0 Å². The summed E-state index contributed by atoms with van der Waals surface area (Å²) in [6.07, 6.45) is 15.0. The van der Waals surface area contributed by atoms with Crippen LogP contribution in [0.2, 0.25) is 0 Å². The first-order valence-corrected chi connectivity index (χ1v) is 10.1. The second-order valence-corrected chi connectivity index (χ2v) is 7.59. The van der Waals surface area contributed by atoms with Crippen molar-refractivity contribution in [2.24, 2.45) is 17.8 Å². The number of rotatable bonds is 13. The lowest BCUT2D eigenvalue weighted by molar-refractivity contribution is -0.114. The molecule has 0 amide bonds. The van der Waals surface area contributed by atoms with Crippen molar-refractivity contribution in [1.82, 2.24) is 0 Å². The van der Waals surface area contributed by atoms with Crippen molar-refractivity contribution < 1.29 is 15.0 Å². The molecule has 3 nitrogen and oxygen atoms in total. The largest absolute Gasteiger partial charge is 0.396 e. The van der Waals surface area contributed by atoms with E-state index in [1.165, 1.54) is 6.42 Å². The fourth-order valence-electron chi connectivity index (χ4n) is 3.91. The Kier molecular flexibility index (Phi) is 11.3. The molecule has 1 saturated carbocycles.